The third-order valence-corrected chi connectivity index (χ3v) is 3.22. The standard InChI is InChI=1S/C9H7ClN6S/c10-4-1-2-5(6(11)3-4)7-13-14-9-16(7)15-8(12)17-9/h1-3H,11H2,(H2,12,15). The van der Waals surface area contributed by atoms with Gasteiger partial charge in [-0.3, -0.25) is 0 Å². The summed E-state index contributed by atoms with van der Waals surface area (Å²) in [6.07, 6.45) is 0. The molecule has 0 saturated carbocycles. The van der Waals surface area contributed by atoms with Crippen molar-refractivity contribution in [3.8, 4) is 11.4 Å². The van der Waals surface area contributed by atoms with E-state index in [1.807, 2.05) is 0 Å². The normalized spacial score (nSPS) is 11.1. The van der Waals surface area contributed by atoms with Crippen LogP contribution in [0.3, 0.4) is 0 Å². The molecule has 8 heteroatoms. The van der Waals surface area contributed by atoms with Crippen LogP contribution in [0.15, 0.2) is 18.2 Å². The van der Waals surface area contributed by atoms with Crippen molar-refractivity contribution in [2.45, 2.75) is 0 Å². The summed E-state index contributed by atoms with van der Waals surface area (Å²) in [6, 6.07) is 5.18. The zero-order chi connectivity index (χ0) is 12.0. The van der Waals surface area contributed by atoms with Crippen molar-refractivity contribution >= 4 is 38.7 Å². The Kier molecular flexibility index (Phi) is 2.17. The molecular formula is C9H7ClN6S. The van der Waals surface area contributed by atoms with Gasteiger partial charge in [0.15, 0.2) is 5.82 Å². The van der Waals surface area contributed by atoms with Gasteiger partial charge in [-0.1, -0.05) is 22.9 Å². The second-order valence-corrected chi connectivity index (χ2v) is 4.81. The Morgan fingerprint density at radius 3 is 2.82 bits per heavy atom. The number of hydrogen-bond acceptors (Lipinski definition) is 6. The molecule has 0 saturated heterocycles. The quantitative estimate of drug-likeness (QED) is 0.653. The van der Waals surface area contributed by atoms with E-state index in [2.05, 4.69) is 15.3 Å². The molecule has 17 heavy (non-hydrogen) atoms. The zero-order valence-corrected chi connectivity index (χ0v) is 10.0. The fraction of sp³-hybridized carbons (Fsp3) is 0. The maximum absolute atomic E-state index is 5.89. The van der Waals surface area contributed by atoms with E-state index in [0.29, 0.717) is 26.6 Å². The van der Waals surface area contributed by atoms with Crippen LogP contribution in [-0.2, 0) is 0 Å². The highest BCUT2D eigenvalue weighted by Crippen LogP contribution is 2.28. The minimum Gasteiger partial charge on any atom is -0.398 e. The van der Waals surface area contributed by atoms with E-state index in [4.69, 9.17) is 23.1 Å². The molecular weight excluding hydrogens is 260 g/mol. The average Bonchev–Trinajstić information content (AvgIpc) is 2.78. The Labute approximate surface area is 105 Å². The number of rotatable bonds is 1. The molecule has 0 unspecified atom stereocenters. The van der Waals surface area contributed by atoms with Crippen LogP contribution in [0.1, 0.15) is 0 Å². The van der Waals surface area contributed by atoms with Gasteiger partial charge >= 0.3 is 0 Å². The Balaban J connectivity index is 2.26. The lowest BCUT2D eigenvalue weighted by Gasteiger charge is -2.02. The highest BCUT2D eigenvalue weighted by molar-refractivity contribution is 7.20. The summed E-state index contributed by atoms with van der Waals surface area (Å²) in [4.78, 5) is 0.631. The molecule has 86 valence electrons. The van der Waals surface area contributed by atoms with Gasteiger partial charge in [0.05, 0.1) is 0 Å². The Morgan fingerprint density at radius 2 is 2.06 bits per heavy atom. The van der Waals surface area contributed by atoms with Crippen LogP contribution in [0, 0.1) is 0 Å². The summed E-state index contributed by atoms with van der Waals surface area (Å²) < 4.78 is 1.57. The maximum atomic E-state index is 5.89. The lowest BCUT2D eigenvalue weighted by molar-refractivity contribution is 0.973. The number of benzene rings is 1. The second-order valence-electron chi connectivity index (χ2n) is 3.39. The van der Waals surface area contributed by atoms with Crippen LogP contribution in [0.5, 0.6) is 0 Å². The number of fused-ring (bicyclic) bond motifs is 1. The summed E-state index contributed by atoms with van der Waals surface area (Å²) in [6.45, 7) is 0. The van der Waals surface area contributed by atoms with Crippen LogP contribution in [-0.4, -0.2) is 19.8 Å². The zero-order valence-electron chi connectivity index (χ0n) is 8.46. The fourth-order valence-corrected chi connectivity index (χ4v) is 2.32. The van der Waals surface area contributed by atoms with Crippen molar-refractivity contribution in [3.05, 3.63) is 23.2 Å². The van der Waals surface area contributed by atoms with Gasteiger partial charge in [-0.2, -0.15) is 4.52 Å². The first-order valence-electron chi connectivity index (χ1n) is 4.68. The Morgan fingerprint density at radius 1 is 1.24 bits per heavy atom. The van der Waals surface area contributed by atoms with Gasteiger partial charge in [-0.25, -0.2) is 0 Å². The van der Waals surface area contributed by atoms with Crippen molar-refractivity contribution in [2.24, 2.45) is 0 Å². The molecule has 6 nitrogen and oxygen atoms in total. The Hall–Kier alpha value is -1.86. The number of nitrogen functional groups attached to an aromatic ring is 2. The first kappa shape index (κ1) is 10.3. The number of nitrogens with zero attached hydrogens (tertiary/aromatic N) is 4. The molecule has 1 aromatic carbocycles. The first-order chi connectivity index (χ1) is 8.15. The van der Waals surface area contributed by atoms with Crippen molar-refractivity contribution in [1.82, 2.24) is 19.8 Å². The molecule has 2 aromatic heterocycles. The maximum Gasteiger partial charge on any atom is 0.236 e. The molecule has 3 rings (SSSR count). The molecule has 0 aliphatic heterocycles. The van der Waals surface area contributed by atoms with Gasteiger partial charge in [0.2, 0.25) is 10.1 Å². The topological polar surface area (TPSA) is 95.1 Å². The molecule has 4 N–H and O–H groups in total. The number of aromatic nitrogens is 4. The van der Waals surface area contributed by atoms with Crippen LogP contribution < -0.4 is 11.5 Å². The van der Waals surface area contributed by atoms with E-state index >= 15 is 0 Å². The number of anilines is 2. The molecule has 0 atom stereocenters. The van der Waals surface area contributed by atoms with E-state index in [-0.39, 0.29) is 0 Å². The summed E-state index contributed by atoms with van der Waals surface area (Å²) in [7, 11) is 0. The van der Waals surface area contributed by atoms with E-state index in [1.165, 1.54) is 11.3 Å². The van der Waals surface area contributed by atoms with Crippen molar-refractivity contribution in [2.75, 3.05) is 11.5 Å². The predicted molar refractivity (Wildman–Crippen MR) is 67.9 cm³/mol. The highest BCUT2D eigenvalue weighted by Gasteiger charge is 2.14. The van der Waals surface area contributed by atoms with Crippen LogP contribution in [0.4, 0.5) is 10.8 Å². The molecule has 3 aromatic rings. The molecule has 0 radical (unpaired) electrons. The van der Waals surface area contributed by atoms with Gasteiger partial charge in [-0.05, 0) is 18.2 Å². The van der Waals surface area contributed by atoms with Crippen LogP contribution in [0.2, 0.25) is 5.02 Å². The fourth-order valence-electron chi connectivity index (χ4n) is 1.54. The van der Waals surface area contributed by atoms with Crippen molar-refractivity contribution < 1.29 is 0 Å². The minimum absolute atomic E-state index is 0.434. The van der Waals surface area contributed by atoms with E-state index in [1.54, 1.807) is 22.7 Å². The second kappa shape index (κ2) is 3.57. The SMILES string of the molecule is Nc1nn2c(-c3ccc(Cl)cc3N)nnc2s1. The van der Waals surface area contributed by atoms with Gasteiger partial charge < -0.3 is 11.5 Å². The largest absolute Gasteiger partial charge is 0.398 e. The summed E-state index contributed by atoms with van der Waals surface area (Å²) in [5.41, 5.74) is 12.8. The first-order valence-corrected chi connectivity index (χ1v) is 5.88. The average molecular weight is 267 g/mol. The van der Waals surface area contributed by atoms with Gasteiger partial charge in [0, 0.05) is 16.3 Å². The van der Waals surface area contributed by atoms with Crippen molar-refractivity contribution in [3.63, 3.8) is 0 Å². The minimum atomic E-state index is 0.434. The van der Waals surface area contributed by atoms with Gasteiger partial charge in [0.25, 0.3) is 0 Å². The number of halogens is 1. The molecule has 2 heterocycles. The van der Waals surface area contributed by atoms with Crippen LogP contribution >= 0.6 is 22.9 Å². The molecule has 0 amide bonds. The molecule has 0 aliphatic carbocycles. The van der Waals surface area contributed by atoms with Gasteiger partial charge in [-0.15, -0.1) is 15.3 Å². The summed E-state index contributed by atoms with van der Waals surface area (Å²) in [5, 5.41) is 13.1. The van der Waals surface area contributed by atoms with Crippen molar-refractivity contribution in [1.29, 1.82) is 0 Å². The van der Waals surface area contributed by atoms with Gasteiger partial charge in [0.1, 0.15) is 0 Å². The van der Waals surface area contributed by atoms with E-state index < -0.39 is 0 Å². The predicted octanol–water partition coefficient (Wildman–Crippen LogP) is 1.67. The summed E-state index contributed by atoms with van der Waals surface area (Å²) >= 11 is 7.11. The monoisotopic (exact) mass is 266 g/mol. The third kappa shape index (κ3) is 1.60. The smallest absolute Gasteiger partial charge is 0.236 e. The molecule has 0 fully saturated rings. The molecule has 0 aliphatic rings. The number of hydrogen-bond donors (Lipinski definition) is 2. The Bertz CT molecular complexity index is 703. The lowest BCUT2D eigenvalue weighted by Crippen LogP contribution is -1.96. The molecule has 0 spiro atoms. The highest BCUT2D eigenvalue weighted by atomic mass is 35.5. The van der Waals surface area contributed by atoms with E-state index in [0.717, 1.165) is 5.56 Å². The third-order valence-electron chi connectivity index (χ3n) is 2.26. The van der Waals surface area contributed by atoms with Crippen LogP contribution in [0.25, 0.3) is 16.3 Å². The number of nitrogens with two attached hydrogens (primary N) is 2. The summed E-state index contributed by atoms with van der Waals surface area (Å²) in [5.74, 6) is 0.558. The molecule has 0 bridgehead atoms. The van der Waals surface area contributed by atoms with E-state index in [9.17, 15) is 0 Å². The lowest BCUT2D eigenvalue weighted by atomic mass is 10.2.